The van der Waals surface area contributed by atoms with Crippen molar-refractivity contribution in [2.45, 2.75) is 304 Å². The van der Waals surface area contributed by atoms with Crippen LogP contribution in [0.2, 0.25) is 0 Å². The van der Waals surface area contributed by atoms with Gasteiger partial charge in [0.05, 0.1) is 26.4 Å². The summed E-state index contributed by atoms with van der Waals surface area (Å²) in [6, 6.07) is 0. The summed E-state index contributed by atoms with van der Waals surface area (Å²) in [6.45, 7) is 43.2. The third-order valence-corrected chi connectivity index (χ3v) is 22.5. The van der Waals surface area contributed by atoms with Crippen LogP contribution in [0.15, 0.2) is 193 Å². The zero-order chi connectivity index (χ0) is 70.9. The molecule has 0 spiro atoms. The molecule has 0 aromatic carbocycles. The van der Waals surface area contributed by atoms with E-state index in [1.54, 1.807) is 0 Å². The van der Waals surface area contributed by atoms with Gasteiger partial charge in [-0.15, -0.1) is 0 Å². The molecule has 0 aliphatic carbocycles. The molecule has 1 rings (SSSR count). The van der Waals surface area contributed by atoms with Gasteiger partial charge in [-0.05, 0) is 305 Å². The zero-order valence-corrected chi connectivity index (χ0v) is 68.9. The molecule has 1 heterocycles. The zero-order valence-electron chi connectivity index (χ0n) is 65.1. The summed E-state index contributed by atoms with van der Waals surface area (Å²) >= 11 is 0. The van der Waals surface area contributed by atoms with Crippen molar-refractivity contribution in [3.8, 4) is 0 Å². The number of nitrogens with zero attached hydrogens (tertiary/aromatic N) is 3. The molecule has 0 fully saturated rings. The van der Waals surface area contributed by atoms with Gasteiger partial charge in [-0.1, -0.05) is 193 Å². The van der Waals surface area contributed by atoms with Gasteiger partial charge in [0.25, 0.3) is 0 Å². The predicted molar refractivity (Wildman–Crippen MR) is 415 cm³/mol. The molecular formula is C84H136N3NaO6P2. The second-order valence-corrected chi connectivity index (χ2v) is 32.9. The van der Waals surface area contributed by atoms with Crippen molar-refractivity contribution in [2.24, 2.45) is 0 Å². The monoisotopic (exact) mass is 1370 g/mol. The predicted octanol–water partition coefficient (Wildman–Crippen LogP) is 24.3. The van der Waals surface area contributed by atoms with Crippen molar-refractivity contribution in [3.63, 3.8) is 0 Å². The van der Waals surface area contributed by atoms with E-state index in [1.807, 2.05) is 24.3 Å². The van der Waals surface area contributed by atoms with Crippen LogP contribution >= 0.6 is 15.2 Å². The van der Waals surface area contributed by atoms with Crippen LogP contribution in [0.25, 0.3) is 0 Å². The van der Waals surface area contributed by atoms with Crippen molar-refractivity contribution in [2.75, 3.05) is 26.4 Å². The van der Waals surface area contributed by atoms with Crippen LogP contribution in [0.4, 0.5) is 0 Å². The number of rotatable bonds is 52. The quantitative estimate of drug-likeness (QED) is 0.0358. The van der Waals surface area contributed by atoms with Crippen LogP contribution in [0.1, 0.15) is 298 Å². The number of allylic oxidation sites excluding steroid dienone is 28. The van der Waals surface area contributed by atoms with Crippen LogP contribution in [0.3, 0.4) is 0 Å². The van der Waals surface area contributed by atoms with E-state index in [4.69, 9.17) is 18.1 Å². The molecule has 0 radical (unpaired) electrons. The Balaban J connectivity index is 0.0000902. The fourth-order valence-electron chi connectivity index (χ4n) is 10.4. The van der Waals surface area contributed by atoms with Gasteiger partial charge in [-0.25, -0.2) is 0 Å². The Morgan fingerprint density at radius 3 is 0.656 bits per heavy atom. The molecule has 534 valence electrons. The van der Waals surface area contributed by atoms with Crippen LogP contribution in [0, 0.1) is 0 Å². The molecule has 9 nitrogen and oxygen atoms in total. The topological polar surface area (TPSA) is 111 Å². The summed E-state index contributed by atoms with van der Waals surface area (Å²) in [7, 11) is -8.80. The molecule has 1 aromatic rings. The van der Waals surface area contributed by atoms with E-state index in [9.17, 15) is 0 Å². The minimum absolute atomic E-state index is 0. The van der Waals surface area contributed by atoms with Gasteiger partial charge >= 0.3 is 44.7 Å². The minimum atomic E-state index is -4.40. The fraction of sp³-hybridized carbons (Fsp3) is 0.595. The first-order valence-corrected chi connectivity index (χ1v) is 39.3. The molecule has 96 heavy (non-hydrogen) atoms. The molecule has 12 heteroatoms. The maximum absolute atomic E-state index is 16.1. The molecule has 0 bridgehead atoms. The number of aromatic nitrogens is 3. The maximum atomic E-state index is 16.1. The van der Waals surface area contributed by atoms with Gasteiger partial charge in [0.2, 0.25) is 0 Å². The summed E-state index contributed by atoms with van der Waals surface area (Å²) in [6.07, 6.45) is 60.8. The van der Waals surface area contributed by atoms with Crippen LogP contribution < -0.4 is 34.7 Å². The average molecular weight is 1370 g/mol. The fourth-order valence-corrected chi connectivity index (χ4v) is 15.4. The smallest absolute Gasteiger partial charge is 0.358 e. The van der Waals surface area contributed by atoms with E-state index in [0.29, 0.717) is 5.69 Å². The number of hydrogen-bond donors (Lipinski definition) is 0. The standard InChI is InChI=1S/C84H136N3O6P2.Na/c1-67(2)33-21-37-71(9)41-25-45-75(13)49-29-53-79(17)57-61-90-94(88,91-62-58-80(18)54-30-50-76(14)46-26-42-72(10)38-22-34-68(3)4)84(65-83-66-85-87-86-83)95(89,92-63-59-81(19)55-31-51-77(15)47-27-43-73(11)39-23-35-69(5)6)93-64-60-82(20)56-32-52-78(16)48-28-44-74(12)40-24-36-70(7)8;/h33-36,41-44,49-52,57-60,66,84H,21-32,37-40,45-48,53-56,61-65H2,1-20H3;/q-1;+1/b71-41+,72-42+,73-43+,74-44+,75-49+,76-50+,77-51+,78-52+,79-57+,80-58+,81-59+,82-60+;. The SMILES string of the molecule is CC(C)=CCC/C(C)=C/CC/C(C)=C/CC/C(C)=C/COP(=O)(OC/C=C(\C)CC/C=C(\C)CC/C=C(\C)CCC=C(C)C)C(Cc1c[n-]nn1)P(=O)(OC/C=C(\C)CC/C=C(\C)CC/C=C(\C)CCC=C(C)C)OC/C=C(\C)CC/C=C(\C)CC/C=C(\C)CCC=C(C)C.[Na+]. The van der Waals surface area contributed by atoms with Crippen molar-refractivity contribution >= 4 is 15.2 Å². The molecule has 0 unspecified atom stereocenters. The van der Waals surface area contributed by atoms with E-state index in [-0.39, 0.29) is 62.4 Å². The average Bonchev–Trinajstić information content (AvgIpc) is 0.970. The summed E-state index contributed by atoms with van der Waals surface area (Å²) in [5.41, 5.74) is 21.4. The molecule has 0 saturated carbocycles. The summed E-state index contributed by atoms with van der Waals surface area (Å²) in [5, 5.41) is 10.8. The van der Waals surface area contributed by atoms with Crippen molar-refractivity contribution in [1.82, 2.24) is 15.4 Å². The third kappa shape index (κ3) is 50.6. The molecule has 0 N–H and O–H groups in total. The molecule has 0 atom stereocenters. The first-order valence-electron chi connectivity index (χ1n) is 36.1. The minimum Gasteiger partial charge on any atom is -0.358 e. The molecule has 0 saturated heterocycles. The van der Waals surface area contributed by atoms with Gasteiger partial charge in [0.15, 0.2) is 5.40 Å². The largest absolute Gasteiger partial charge is 1.00 e. The van der Waals surface area contributed by atoms with E-state index >= 15 is 9.13 Å². The van der Waals surface area contributed by atoms with Crippen LogP contribution in [-0.2, 0) is 33.6 Å². The van der Waals surface area contributed by atoms with E-state index in [1.165, 1.54) is 73.1 Å². The van der Waals surface area contributed by atoms with E-state index < -0.39 is 20.6 Å². The molecule has 0 aliphatic heterocycles. The van der Waals surface area contributed by atoms with Gasteiger partial charge in [-0.3, -0.25) is 14.3 Å². The van der Waals surface area contributed by atoms with Gasteiger partial charge in [0, 0.05) is 0 Å². The van der Waals surface area contributed by atoms with Gasteiger partial charge < -0.3 is 28.3 Å². The van der Waals surface area contributed by atoms with E-state index in [2.05, 4.69) is 227 Å². The summed E-state index contributed by atoms with van der Waals surface area (Å²) in [5.74, 6) is 0. The molecular weight excluding hydrogens is 1230 g/mol. The summed E-state index contributed by atoms with van der Waals surface area (Å²) in [4.78, 5) is 0. The van der Waals surface area contributed by atoms with Crippen molar-refractivity contribution in [1.29, 1.82) is 0 Å². The van der Waals surface area contributed by atoms with Crippen LogP contribution in [-0.4, -0.2) is 42.1 Å². The maximum Gasteiger partial charge on any atom is 1.00 e. The third-order valence-electron chi connectivity index (χ3n) is 16.9. The Kier molecular flexibility index (Phi) is 53.8. The molecule has 0 amide bonds. The second kappa shape index (κ2) is 56.0. The molecule has 1 aromatic heterocycles. The van der Waals surface area contributed by atoms with Crippen LogP contribution in [0.5, 0.6) is 0 Å². The van der Waals surface area contributed by atoms with E-state index in [0.717, 1.165) is 176 Å². The Bertz CT molecular complexity index is 2630. The Labute approximate surface area is 612 Å². The summed E-state index contributed by atoms with van der Waals surface area (Å²) < 4.78 is 58.4. The first kappa shape index (κ1) is 92.3. The normalized spacial score (nSPS) is 15.0. The van der Waals surface area contributed by atoms with Crippen molar-refractivity contribution in [3.05, 3.63) is 198 Å². The second-order valence-electron chi connectivity index (χ2n) is 28.1. The van der Waals surface area contributed by atoms with Gasteiger partial charge in [0.1, 0.15) is 0 Å². The van der Waals surface area contributed by atoms with Gasteiger partial charge in [-0.2, -0.15) is 0 Å². The Morgan fingerprint density at radius 2 is 0.490 bits per heavy atom. The Morgan fingerprint density at radius 1 is 0.312 bits per heavy atom. The van der Waals surface area contributed by atoms with Crippen molar-refractivity contribution < 1.29 is 56.8 Å². The number of hydrogen-bond acceptors (Lipinski definition) is 8. The molecule has 0 aliphatic rings. The Hall–Kier alpha value is -3.72. The first-order chi connectivity index (χ1) is 45.1.